The third kappa shape index (κ3) is 3.63. The summed E-state index contributed by atoms with van der Waals surface area (Å²) in [5, 5.41) is 2.69. The van der Waals surface area contributed by atoms with E-state index in [0.29, 0.717) is 0 Å². The fraction of sp³-hybridized carbons (Fsp3) is 0.533. The maximum Gasteiger partial charge on any atom is 0.243 e. The van der Waals surface area contributed by atoms with Crippen LogP contribution in [-0.4, -0.2) is 38.3 Å². The number of carbonyl (C=O) groups excluding carboxylic acids is 1. The number of carbonyl (C=O) groups is 1. The molecule has 0 saturated carbocycles. The first-order valence-corrected chi connectivity index (χ1v) is 8.62. The Morgan fingerprint density at radius 1 is 1.29 bits per heavy atom. The first kappa shape index (κ1) is 16.0. The summed E-state index contributed by atoms with van der Waals surface area (Å²) in [6.45, 7) is 3.51. The molecule has 21 heavy (non-hydrogen) atoms. The van der Waals surface area contributed by atoms with Crippen LogP contribution in [0.4, 0.5) is 0 Å². The second kappa shape index (κ2) is 6.15. The number of benzene rings is 1. The van der Waals surface area contributed by atoms with Gasteiger partial charge in [-0.3, -0.25) is 4.79 Å². The van der Waals surface area contributed by atoms with Gasteiger partial charge in [0.05, 0.1) is 11.4 Å². The zero-order chi connectivity index (χ0) is 15.6. The van der Waals surface area contributed by atoms with E-state index in [1.165, 1.54) is 12.6 Å². The standard InChI is InChI=1S/C15H22N2O3S/c1-11(2)16-15(18)10-17(3)21(19,20)14-8-7-12-5-4-6-13(12)9-14/h7-9,11H,4-6,10H2,1-3H3,(H,16,18). The average molecular weight is 310 g/mol. The third-order valence-corrected chi connectivity index (χ3v) is 5.39. The summed E-state index contributed by atoms with van der Waals surface area (Å²) < 4.78 is 26.1. The molecule has 1 N–H and O–H groups in total. The third-order valence-electron chi connectivity index (χ3n) is 3.59. The van der Waals surface area contributed by atoms with Crippen LogP contribution in [0.2, 0.25) is 0 Å². The zero-order valence-corrected chi connectivity index (χ0v) is 13.5. The van der Waals surface area contributed by atoms with Gasteiger partial charge in [0.2, 0.25) is 15.9 Å². The molecule has 0 aliphatic heterocycles. The molecule has 0 spiro atoms. The van der Waals surface area contributed by atoms with Crippen LogP contribution in [0.5, 0.6) is 0 Å². The Morgan fingerprint density at radius 3 is 2.62 bits per heavy atom. The van der Waals surface area contributed by atoms with Crippen molar-refractivity contribution >= 4 is 15.9 Å². The molecule has 0 aromatic heterocycles. The highest BCUT2D eigenvalue weighted by Gasteiger charge is 2.24. The number of nitrogens with one attached hydrogen (secondary N) is 1. The number of hydrogen-bond acceptors (Lipinski definition) is 3. The number of likely N-dealkylation sites (N-methyl/N-ethyl adjacent to an activating group) is 1. The Labute approximate surface area is 126 Å². The fourth-order valence-corrected chi connectivity index (χ4v) is 3.72. The Morgan fingerprint density at radius 2 is 1.95 bits per heavy atom. The molecule has 0 bridgehead atoms. The largest absolute Gasteiger partial charge is 0.353 e. The zero-order valence-electron chi connectivity index (χ0n) is 12.7. The topological polar surface area (TPSA) is 66.5 Å². The number of rotatable bonds is 5. The molecular formula is C15H22N2O3S. The van der Waals surface area contributed by atoms with Gasteiger partial charge in [-0.15, -0.1) is 0 Å². The average Bonchev–Trinajstić information content (AvgIpc) is 2.84. The molecule has 1 amide bonds. The van der Waals surface area contributed by atoms with Gasteiger partial charge in [0, 0.05) is 13.1 Å². The monoisotopic (exact) mass is 310 g/mol. The van der Waals surface area contributed by atoms with E-state index in [9.17, 15) is 13.2 Å². The molecular weight excluding hydrogens is 288 g/mol. The van der Waals surface area contributed by atoms with Crippen molar-refractivity contribution in [3.8, 4) is 0 Å². The summed E-state index contributed by atoms with van der Waals surface area (Å²) in [5.74, 6) is -0.294. The normalized spacial score (nSPS) is 14.5. The Bertz CT molecular complexity index is 638. The van der Waals surface area contributed by atoms with Gasteiger partial charge in [-0.1, -0.05) is 6.07 Å². The smallest absolute Gasteiger partial charge is 0.243 e. The second-order valence-electron chi connectivity index (χ2n) is 5.77. The van der Waals surface area contributed by atoms with Crippen LogP contribution in [0.3, 0.4) is 0 Å². The maximum absolute atomic E-state index is 12.5. The number of nitrogens with zero attached hydrogens (tertiary/aromatic N) is 1. The van der Waals surface area contributed by atoms with Gasteiger partial charge in [0.25, 0.3) is 0 Å². The van der Waals surface area contributed by atoms with E-state index in [2.05, 4.69) is 5.32 Å². The fourth-order valence-electron chi connectivity index (χ4n) is 2.54. The number of fused-ring (bicyclic) bond motifs is 1. The molecule has 5 nitrogen and oxygen atoms in total. The molecule has 2 rings (SSSR count). The molecule has 6 heteroatoms. The Balaban J connectivity index is 2.15. The van der Waals surface area contributed by atoms with Crippen molar-refractivity contribution in [1.82, 2.24) is 9.62 Å². The quantitative estimate of drug-likeness (QED) is 0.892. The Hall–Kier alpha value is -1.40. The molecule has 0 heterocycles. The number of amides is 1. The molecule has 0 unspecified atom stereocenters. The SMILES string of the molecule is CC(C)NC(=O)CN(C)S(=O)(=O)c1ccc2c(c1)CCC2. The van der Waals surface area contributed by atoms with Crippen LogP contribution >= 0.6 is 0 Å². The van der Waals surface area contributed by atoms with E-state index in [4.69, 9.17) is 0 Å². The molecule has 1 aliphatic rings. The molecule has 0 saturated heterocycles. The van der Waals surface area contributed by atoms with E-state index < -0.39 is 10.0 Å². The van der Waals surface area contributed by atoms with E-state index in [-0.39, 0.29) is 23.4 Å². The van der Waals surface area contributed by atoms with E-state index in [0.717, 1.165) is 29.1 Å². The minimum absolute atomic E-state index is 0.00593. The summed E-state index contributed by atoms with van der Waals surface area (Å²) in [6.07, 6.45) is 3.02. The lowest BCUT2D eigenvalue weighted by Gasteiger charge is -2.18. The molecule has 116 valence electrons. The van der Waals surface area contributed by atoms with Gasteiger partial charge >= 0.3 is 0 Å². The van der Waals surface area contributed by atoms with E-state index in [1.807, 2.05) is 19.9 Å². The minimum Gasteiger partial charge on any atom is -0.353 e. The second-order valence-corrected chi connectivity index (χ2v) is 7.81. The van der Waals surface area contributed by atoms with E-state index in [1.54, 1.807) is 12.1 Å². The van der Waals surface area contributed by atoms with Gasteiger partial charge < -0.3 is 5.32 Å². The van der Waals surface area contributed by atoms with Gasteiger partial charge in [0.15, 0.2) is 0 Å². The van der Waals surface area contributed by atoms with Crippen LogP contribution in [0.15, 0.2) is 23.1 Å². The van der Waals surface area contributed by atoms with Crippen molar-refractivity contribution in [1.29, 1.82) is 0 Å². The van der Waals surface area contributed by atoms with Crippen LogP contribution in [0.1, 0.15) is 31.4 Å². The van der Waals surface area contributed by atoms with Crippen LogP contribution in [0.25, 0.3) is 0 Å². The van der Waals surface area contributed by atoms with Crippen molar-refractivity contribution in [2.45, 2.75) is 44.0 Å². The number of hydrogen-bond donors (Lipinski definition) is 1. The van der Waals surface area contributed by atoms with E-state index >= 15 is 0 Å². The van der Waals surface area contributed by atoms with Gasteiger partial charge in [0.1, 0.15) is 0 Å². The lowest BCUT2D eigenvalue weighted by atomic mass is 10.1. The summed E-state index contributed by atoms with van der Waals surface area (Å²) >= 11 is 0. The molecule has 0 atom stereocenters. The van der Waals surface area contributed by atoms with Crippen molar-refractivity contribution in [3.05, 3.63) is 29.3 Å². The van der Waals surface area contributed by atoms with Crippen LogP contribution in [-0.2, 0) is 27.7 Å². The van der Waals surface area contributed by atoms with Crippen molar-refractivity contribution in [3.63, 3.8) is 0 Å². The highest BCUT2D eigenvalue weighted by atomic mass is 32.2. The molecule has 1 aromatic carbocycles. The van der Waals surface area contributed by atoms with Crippen molar-refractivity contribution in [2.24, 2.45) is 0 Å². The minimum atomic E-state index is -3.62. The van der Waals surface area contributed by atoms with Gasteiger partial charge in [-0.05, 0) is 56.4 Å². The summed E-state index contributed by atoms with van der Waals surface area (Å²) in [7, 11) is -2.19. The summed E-state index contributed by atoms with van der Waals surface area (Å²) in [6, 6.07) is 5.26. The van der Waals surface area contributed by atoms with Crippen LogP contribution < -0.4 is 5.32 Å². The first-order chi connectivity index (χ1) is 9.80. The van der Waals surface area contributed by atoms with Crippen molar-refractivity contribution < 1.29 is 13.2 Å². The number of aryl methyl sites for hydroxylation is 2. The highest BCUT2D eigenvalue weighted by Crippen LogP contribution is 2.25. The predicted octanol–water partition coefficient (Wildman–Crippen LogP) is 1.32. The van der Waals surface area contributed by atoms with Gasteiger partial charge in [-0.2, -0.15) is 4.31 Å². The molecule has 1 aliphatic carbocycles. The lowest BCUT2D eigenvalue weighted by molar-refractivity contribution is -0.121. The highest BCUT2D eigenvalue weighted by molar-refractivity contribution is 7.89. The van der Waals surface area contributed by atoms with Crippen molar-refractivity contribution in [2.75, 3.05) is 13.6 Å². The number of sulfonamides is 1. The molecule has 1 aromatic rings. The van der Waals surface area contributed by atoms with Gasteiger partial charge in [-0.25, -0.2) is 8.42 Å². The first-order valence-electron chi connectivity index (χ1n) is 7.18. The summed E-state index contributed by atoms with van der Waals surface area (Å²) in [5.41, 5.74) is 2.34. The molecule has 0 radical (unpaired) electrons. The lowest BCUT2D eigenvalue weighted by Crippen LogP contribution is -2.40. The summed E-state index contributed by atoms with van der Waals surface area (Å²) in [4.78, 5) is 12.0. The predicted molar refractivity (Wildman–Crippen MR) is 81.6 cm³/mol. The molecule has 0 fully saturated rings. The maximum atomic E-state index is 12.5. The van der Waals surface area contributed by atoms with Crippen LogP contribution in [0, 0.1) is 0 Å². The Kier molecular flexibility index (Phi) is 4.68.